The molecule has 0 spiro atoms. The normalized spacial score (nSPS) is 10.3. The van der Waals surface area contributed by atoms with Gasteiger partial charge in [-0.2, -0.15) is 0 Å². The summed E-state index contributed by atoms with van der Waals surface area (Å²) >= 11 is 17.8. The maximum atomic E-state index is 12.2. The average molecular weight is 345 g/mol. The Kier molecular flexibility index (Phi) is 4.93. The number of carbonyl (C=O) groups is 1. The first-order valence-corrected chi connectivity index (χ1v) is 7.11. The number of hydrogen-bond donors (Lipinski definition) is 1. The number of para-hydroxylation sites is 1. The van der Waals surface area contributed by atoms with E-state index >= 15 is 0 Å². The summed E-state index contributed by atoms with van der Waals surface area (Å²) in [6.45, 7) is 0. The predicted molar refractivity (Wildman–Crippen MR) is 88.0 cm³/mol. The van der Waals surface area contributed by atoms with Crippen molar-refractivity contribution in [2.24, 2.45) is 0 Å². The zero-order chi connectivity index (χ0) is 15.6. The third kappa shape index (κ3) is 3.59. The molecule has 7 heteroatoms. The highest BCUT2D eigenvalue weighted by molar-refractivity contribution is 6.41. The van der Waals surface area contributed by atoms with E-state index in [2.05, 4.69) is 10.3 Å². The van der Waals surface area contributed by atoms with Gasteiger partial charge in [0.15, 0.2) is 0 Å². The molecule has 2 rings (SSSR count). The molecular weight excluding hydrogens is 333 g/mol. The molecule has 21 heavy (non-hydrogen) atoms. The Morgan fingerprint density at radius 1 is 1.19 bits per heavy atom. The van der Waals surface area contributed by atoms with E-state index in [9.17, 15) is 4.79 Å². The molecule has 1 heterocycles. The molecule has 0 aliphatic heterocycles. The zero-order valence-corrected chi connectivity index (χ0v) is 13.6. The molecule has 4 nitrogen and oxygen atoms in total. The van der Waals surface area contributed by atoms with Crippen LogP contribution in [0.4, 0.5) is 11.4 Å². The Bertz CT molecular complexity index is 689. The molecule has 0 bridgehead atoms. The fraction of sp³-hybridized carbons (Fsp3) is 0.143. The summed E-state index contributed by atoms with van der Waals surface area (Å²) in [4.78, 5) is 17.9. The SMILES string of the molecule is CN(C)c1c(Cl)cccc1NC(=O)c1cnc(Cl)c(Cl)c1. The highest BCUT2D eigenvalue weighted by Gasteiger charge is 2.14. The van der Waals surface area contributed by atoms with Crippen LogP contribution in [-0.4, -0.2) is 25.0 Å². The molecule has 0 fully saturated rings. The molecule has 0 radical (unpaired) electrons. The fourth-order valence-electron chi connectivity index (χ4n) is 1.81. The van der Waals surface area contributed by atoms with Crippen LogP contribution in [0.3, 0.4) is 0 Å². The lowest BCUT2D eigenvalue weighted by Gasteiger charge is -2.19. The van der Waals surface area contributed by atoms with Crippen LogP contribution in [0.5, 0.6) is 0 Å². The van der Waals surface area contributed by atoms with Gasteiger partial charge in [-0.1, -0.05) is 40.9 Å². The minimum Gasteiger partial charge on any atom is -0.375 e. The highest BCUT2D eigenvalue weighted by Crippen LogP contribution is 2.32. The Hall–Kier alpha value is -1.49. The van der Waals surface area contributed by atoms with Gasteiger partial charge in [-0.3, -0.25) is 4.79 Å². The van der Waals surface area contributed by atoms with Crippen LogP contribution in [0.25, 0.3) is 0 Å². The van der Waals surface area contributed by atoms with Gasteiger partial charge >= 0.3 is 0 Å². The van der Waals surface area contributed by atoms with E-state index in [-0.39, 0.29) is 16.1 Å². The van der Waals surface area contributed by atoms with Crippen LogP contribution in [0.2, 0.25) is 15.2 Å². The number of hydrogen-bond acceptors (Lipinski definition) is 3. The first-order valence-electron chi connectivity index (χ1n) is 5.98. The van der Waals surface area contributed by atoms with E-state index in [1.54, 1.807) is 18.2 Å². The third-order valence-electron chi connectivity index (χ3n) is 2.74. The van der Waals surface area contributed by atoms with Crippen molar-refractivity contribution in [1.82, 2.24) is 4.98 Å². The maximum Gasteiger partial charge on any atom is 0.257 e. The Morgan fingerprint density at radius 2 is 1.90 bits per heavy atom. The van der Waals surface area contributed by atoms with Crippen LogP contribution in [0.15, 0.2) is 30.5 Å². The third-order valence-corrected chi connectivity index (χ3v) is 3.73. The van der Waals surface area contributed by atoms with Gasteiger partial charge in [0, 0.05) is 20.3 Å². The van der Waals surface area contributed by atoms with Crippen molar-refractivity contribution in [2.45, 2.75) is 0 Å². The molecule has 1 N–H and O–H groups in total. The number of nitrogens with zero attached hydrogens (tertiary/aromatic N) is 2. The van der Waals surface area contributed by atoms with E-state index in [4.69, 9.17) is 34.8 Å². The first-order chi connectivity index (χ1) is 9.90. The topological polar surface area (TPSA) is 45.2 Å². The molecule has 0 saturated carbocycles. The molecule has 2 aromatic rings. The van der Waals surface area contributed by atoms with Crippen LogP contribution in [0.1, 0.15) is 10.4 Å². The lowest BCUT2D eigenvalue weighted by atomic mass is 10.2. The number of anilines is 2. The summed E-state index contributed by atoms with van der Waals surface area (Å²) in [6.07, 6.45) is 1.36. The van der Waals surface area contributed by atoms with Crippen LogP contribution < -0.4 is 10.2 Å². The van der Waals surface area contributed by atoms with E-state index in [0.29, 0.717) is 16.3 Å². The Balaban J connectivity index is 2.31. The van der Waals surface area contributed by atoms with Gasteiger partial charge in [0.2, 0.25) is 0 Å². The zero-order valence-electron chi connectivity index (χ0n) is 11.3. The molecule has 0 unspecified atom stereocenters. The second-order valence-corrected chi connectivity index (χ2v) is 5.65. The Morgan fingerprint density at radius 3 is 2.52 bits per heavy atom. The van der Waals surface area contributed by atoms with E-state index < -0.39 is 0 Å². The van der Waals surface area contributed by atoms with Crippen LogP contribution in [-0.2, 0) is 0 Å². The average Bonchev–Trinajstić information content (AvgIpc) is 2.41. The standard InChI is InChI=1S/C14H12Cl3N3O/c1-20(2)12-9(15)4-3-5-11(12)19-14(21)8-6-10(16)13(17)18-7-8/h3-7H,1-2H3,(H,19,21). The fourth-order valence-corrected chi connectivity index (χ4v) is 2.42. The maximum absolute atomic E-state index is 12.2. The lowest BCUT2D eigenvalue weighted by Crippen LogP contribution is -2.17. The summed E-state index contributed by atoms with van der Waals surface area (Å²) in [7, 11) is 3.69. The van der Waals surface area contributed by atoms with Gasteiger partial charge in [-0.15, -0.1) is 0 Å². The number of rotatable bonds is 3. The minimum absolute atomic E-state index is 0.157. The number of amides is 1. The number of nitrogens with one attached hydrogen (secondary N) is 1. The first kappa shape index (κ1) is 15.9. The van der Waals surface area contributed by atoms with Crippen molar-refractivity contribution in [2.75, 3.05) is 24.3 Å². The predicted octanol–water partition coefficient (Wildman–Crippen LogP) is 4.36. The van der Waals surface area contributed by atoms with E-state index in [0.717, 1.165) is 5.69 Å². The van der Waals surface area contributed by atoms with Crippen LogP contribution in [0, 0.1) is 0 Å². The summed E-state index contributed by atoms with van der Waals surface area (Å²) in [5, 5.41) is 3.72. The molecule has 1 aromatic carbocycles. The van der Waals surface area contributed by atoms with Crippen molar-refractivity contribution >= 4 is 52.1 Å². The quantitative estimate of drug-likeness (QED) is 0.841. The van der Waals surface area contributed by atoms with Gasteiger partial charge in [0.25, 0.3) is 5.91 Å². The van der Waals surface area contributed by atoms with Gasteiger partial charge in [0.05, 0.1) is 27.0 Å². The molecule has 1 aromatic heterocycles. The summed E-state index contributed by atoms with van der Waals surface area (Å²) in [5.41, 5.74) is 1.64. The van der Waals surface area contributed by atoms with Crippen molar-refractivity contribution in [3.8, 4) is 0 Å². The van der Waals surface area contributed by atoms with Crippen molar-refractivity contribution in [1.29, 1.82) is 0 Å². The van der Waals surface area contributed by atoms with Crippen molar-refractivity contribution < 1.29 is 4.79 Å². The second-order valence-electron chi connectivity index (χ2n) is 4.48. The lowest BCUT2D eigenvalue weighted by molar-refractivity contribution is 0.102. The highest BCUT2D eigenvalue weighted by atomic mass is 35.5. The monoisotopic (exact) mass is 343 g/mol. The molecule has 0 aliphatic rings. The number of benzene rings is 1. The largest absolute Gasteiger partial charge is 0.375 e. The second kappa shape index (κ2) is 6.52. The molecular formula is C14H12Cl3N3O. The number of aromatic nitrogens is 1. The number of carbonyl (C=O) groups excluding carboxylic acids is 1. The molecule has 0 saturated heterocycles. The summed E-state index contributed by atoms with van der Waals surface area (Å²) in [5.74, 6) is -0.341. The van der Waals surface area contributed by atoms with E-state index in [1.165, 1.54) is 12.3 Å². The summed E-state index contributed by atoms with van der Waals surface area (Å²) in [6, 6.07) is 6.75. The van der Waals surface area contributed by atoms with Gasteiger partial charge in [-0.05, 0) is 18.2 Å². The summed E-state index contributed by atoms with van der Waals surface area (Å²) < 4.78 is 0. The molecule has 0 aliphatic carbocycles. The minimum atomic E-state index is -0.341. The Labute approximate surface area is 137 Å². The molecule has 0 atom stereocenters. The van der Waals surface area contributed by atoms with Crippen LogP contribution >= 0.6 is 34.8 Å². The van der Waals surface area contributed by atoms with Gasteiger partial charge in [-0.25, -0.2) is 4.98 Å². The van der Waals surface area contributed by atoms with Gasteiger partial charge in [0.1, 0.15) is 5.15 Å². The number of halogens is 3. The van der Waals surface area contributed by atoms with Crippen molar-refractivity contribution in [3.63, 3.8) is 0 Å². The van der Waals surface area contributed by atoms with Gasteiger partial charge < -0.3 is 10.2 Å². The van der Waals surface area contributed by atoms with Crippen molar-refractivity contribution in [3.05, 3.63) is 51.2 Å². The molecule has 110 valence electrons. The van der Waals surface area contributed by atoms with E-state index in [1.807, 2.05) is 19.0 Å². The molecule has 1 amide bonds. The smallest absolute Gasteiger partial charge is 0.257 e. The number of pyridine rings is 1.